The van der Waals surface area contributed by atoms with Crippen LogP contribution in [0, 0.1) is 0 Å². The van der Waals surface area contributed by atoms with Gasteiger partial charge in [-0.3, -0.25) is 4.99 Å². The molecule has 0 unspecified atom stereocenters. The van der Waals surface area contributed by atoms with Crippen LogP contribution in [0.1, 0.15) is 38.5 Å². The summed E-state index contributed by atoms with van der Waals surface area (Å²) in [6, 6.07) is 9.93. The fourth-order valence-electron chi connectivity index (χ4n) is 2.50. The maximum atomic E-state index is 5.68. The molecule has 0 aromatic heterocycles. The van der Waals surface area contributed by atoms with Crippen LogP contribution in [0.15, 0.2) is 35.3 Å². The number of ether oxygens (including phenoxy) is 1. The molecule has 1 aromatic rings. The predicted molar refractivity (Wildman–Crippen MR) is 108 cm³/mol. The number of rotatable bonds is 13. The number of guanidine groups is 1. The largest absolute Gasteiger partial charge is 0.494 e. The van der Waals surface area contributed by atoms with Gasteiger partial charge in [0.15, 0.2) is 5.96 Å². The second-order valence-corrected chi connectivity index (χ2v) is 6.51. The molecule has 142 valence electrons. The van der Waals surface area contributed by atoms with Crippen molar-refractivity contribution in [2.45, 2.75) is 38.5 Å². The first-order valence-corrected chi connectivity index (χ1v) is 9.49. The van der Waals surface area contributed by atoms with Gasteiger partial charge in [0, 0.05) is 20.1 Å². The molecule has 0 spiro atoms. The third-order valence-electron chi connectivity index (χ3n) is 3.92. The molecule has 0 bridgehead atoms. The van der Waals surface area contributed by atoms with E-state index in [1.165, 1.54) is 38.6 Å². The van der Waals surface area contributed by atoms with Gasteiger partial charge >= 0.3 is 0 Å². The molecule has 1 rings (SSSR count). The van der Waals surface area contributed by atoms with Crippen LogP contribution in [0.4, 0.5) is 0 Å². The second kappa shape index (κ2) is 14.6. The SMILES string of the molecule is CN=C(NCCCCCCCN(C)C)NCCCOc1ccccc1. The molecule has 0 amide bonds. The summed E-state index contributed by atoms with van der Waals surface area (Å²) in [6.07, 6.45) is 7.36. The van der Waals surface area contributed by atoms with Crippen molar-refractivity contribution >= 4 is 5.96 Å². The molecule has 25 heavy (non-hydrogen) atoms. The molecule has 5 nitrogen and oxygen atoms in total. The van der Waals surface area contributed by atoms with E-state index in [0.29, 0.717) is 6.61 Å². The van der Waals surface area contributed by atoms with Crippen LogP contribution in [0.2, 0.25) is 0 Å². The Morgan fingerprint density at radius 3 is 2.24 bits per heavy atom. The van der Waals surface area contributed by atoms with E-state index in [-0.39, 0.29) is 0 Å². The second-order valence-electron chi connectivity index (χ2n) is 6.51. The molecule has 0 saturated carbocycles. The molecule has 0 fully saturated rings. The molecule has 0 aliphatic heterocycles. The number of para-hydroxylation sites is 1. The van der Waals surface area contributed by atoms with Crippen LogP contribution in [0.3, 0.4) is 0 Å². The topological polar surface area (TPSA) is 48.9 Å². The molecule has 1 aromatic carbocycles. The van der Waals surface area contributed by atoms with Crippen LogP contribution in [0.5, 0.6) is 5.75 Å². The minimum atomic E-state index is 0.709. The summed E-state index contributed by atoms with van der Waals surface area (Å²) in [5, 5.41) is 6.71. The van der Waals surface area contributed by atoms with E-state index in [1.54, 1.807) is 0 Å². The Hall–Kier alpha value is -1.75. The normalized spacial score (nSPS) is 11.6. The van der Waals surface area contributed by atoms with Crippen LogP contribution in [-0.2, 0) is 0 Å². The van der Waals surface area contributed by atoms with Crippen LogP contribution < -0.4 is 15.4 Å². The molecule has 0 saturated heterocycles. The third-order valence-corrected chi connectivity index (χ3v) is 3.92. The highest BCUT2D eigenvalue weighted by Crippen LogP contribution is 2.08. The zero-order valence-electron chi connectivity index (χ0n) is 16.3. The number of aliphatic imine (C=N–C) groups is 1. The van der Waals surface area contributed by atoms with Gasteiger partial charge in [0.1, 0.15) is 5.75 Å². The van der Waals surface area contributed by atoms with Crippen molar-refractivity contribution < 1.29 is 4.74 Å². The Kier molecular flexibility index (Phi) is 12.4. The zero-order chi connectivity index (χ0) is 18.2. The lowest BCUT2D eigenvalue weighted by molar-refractivity contribution is 0.311. The monoisotopic (exact) mass is 348 g/mol. The van der Waals surface area contributed by atoms with Gasteiger partial charge in [0.2, 0.25) is 0 Å². The molecule has 0 heterocycles. The Balaban J connectivity index is 1.94. The molecular formula is C20H36N4O. The molecule has 0 aliphatic carbocycles. The Morgan fingerprint density at radius 2 is 1.56 bits per heavy atom. The fraction of sp³-hybridized carbons (Fsp3) is 0.650. The number of hydrogen-bond acceptors (Lipinski definition) is 3. The van der Waals surface area contributed by atoms with Crippen molar-refractivity contribution in [2.75, 3.05) is 47.4 Å². The van der Waals surface area contributed by atoms with E-state index in [9.17, 15) is 0 Å². The van der Waals surface area contributed by atoms with Crippen molar-refractivity contribution in [1.82, 2.24) is 15.5 Å². The highest BCUT2D eigenvalue weighted by Gasteiger charge is 1.98. The summed E-state index contributed by atoms with van der Waals surface area (Å²) in [4.78, 5) is 6.51. The predicted octanol–water partition coefficient (Wildman–Crippen LogP) is 3.13. The van der Waals surface area contributed by atoms with Gasteiger partial charge in [-0.1, -0.05) is 37.5 Å². The van der Waals surface area contributed by atoms with Crippen molar-refractivity contribution in [3.05, 3.63) is 30.3 Å². The van der Waals surface area contributed by atoms with Gasteiger partial charge in [-0.05, 0) is 52.0 Å². The maximum absolute atomic E-state index is 5.68. The summed E-state index contributed by atoms with van der Waals surface area (Å²) in [5.41, 5.74) is 0. The Labute approximate surface area is 153 Å². The quantitative estimate of drug-likeness (QED) is 0.327. The third kappa shape index (κ3) is 12.3. The lowest BCUT2D eigenvalue weighted by atomic mass is 10.1. The molecule has 0 atom stereocenters. The van der Waals surface area contributed by atoms with Crippen molar-refractivity contribution in [3.63, 3.8) is 0 Å². The number of benzene rings is 1. The van der Waals surface area contributed by atoms with Crippen LogP contribution >= 0.6 is 0 Å². The first-order valence-electron chi connectivity index (χ1n) is 9.49. The lowest BCUT2D eigenvalue weighted by Gasteiger charge is -2.12. The summed E-state index contributed by atoms with van der Waals surface area (Å²) in [7, 11) is 6.09. The van der Waals surface area contributed by atoms with E-state index in [0.717, 1.165) is 31.2 Å². The van der Waals surface area contributed by atoms with Crippen molar-refractivity contribution in [3.8, 4) is 5.75 Å². The smallest absolute Gasteiger partial charge is 0.190 e. The van der Waals surface area contributed by atoms with Crippen molar-refractivity contribution in [1.29, 1.82) is 0 Å². The Morgan fingerprint density at radius 1 is 0.920 bits per heavy atom. The van der Waals surface area contributed by atoms with Gasteiger partial charge in [-0.15, -0.1) is 0 Å². The fourth-order valence-corrected chi connectivity index (χ4v) is 2.50. The number of nitrogens with zero attached hydrogens (tertiary/aromatic N) is 2. The minimum absolute atomic E-state index is 0.709. The first-order chi connectivity index (χ1) is 12.2. The maximum Gasteiger partial charge on any atom is 0.190 e. The molecule has 0 aliphatic rings. The van der Waals surface area contributed by atoms with E-state index in [4.69, 9.17) is 4.74 Å². The van der Waals surface area contributed by atoms with Gasteiger partial charge in [-0.2, -0.15) is 0 Å². The van der Waals surface area contributed by atoms with Gasteiger partial charge in [-0.25, -0.2) is 0 Å². The number of nitrogens with one attached hydrogen (secondary N) is 2. The summed E-state index contributed by atoms with van der Waals surface area (Å²) < 4.78 is 5.68. The lowest BCUT2D eigenvalue weighted by Crippen LogP contribution is -2.38. The van der Waals surface area contributed by atoms with Crippen molar-refractivity contribution in [2.24, 2.45) is 4.99 Å². The minimum Gasteiger partial charge on any atom is -0.494 e. The summed E-state index contributed by atoms with van der Waals surface area (Å²) in [6.45, 7) is 3.74. The summed E-state index contributed by atoms with van der Waals surface area (Å²) >= 11 is 0. The first kappa shape index (κ1) is 21.3. The number of hydrogen-bond donors (Lipinski definition) is 2. The molecule has 5 heteroatoms. The summed E-state index contributed by atoms with van der Waals surface area (Å²) in [5.74, 6) is 1.81. The van der Waals surface area contributed by atoms with Crippen LogP contribution in [0.25, 0.3) is 0 Å². The Bertz CT molecular complexity index is 448. The highest BCUT2D eigenvalue weighted by molar-refractivity contribution is 5.79. The molecule has 2 N–H and O–H groups in total. The number of unbranched alkanes of at least 4 members (excludes halogenated alkanes) is 4. The van der Waals surface area contributed by atoms with Crippen LogP contribution in [-0.4, -0.2) is 58.2 Å². The van der Waals surface area contributed by atoms with E-state index in [2.05, 4.69) is 34.6 Å². The highest BCUT2D eigenvalue weighted by atomic mass is 16.5. The van der Waals surface area contributed by atoms with E-state index >= 15 is 0 Å². The molecule has 0 radical (unpaired) electrons. The standard InChI is InChI=1S/C20H36N4O/c1-21-20(22-15-10-5-4-6-11-17-24(2)3)23-16-12-18-25-19-13-8-7-9-14-19/h7-9,13-14H,4-6,10-12,15-18H2,1-3H3,(H2,21,22,23). The van der Waals surface area contributed by atoms with E-state index < -0.39 is 0 Å². The average molecular weight is 349 g/mol. The molecular weight excluding hydrogens is 312 g/mol. The average Bonchev–Trinajstić information content (AvgIpc) is 2.62. The van der Waals surface area contributed by atoms with E-state index in [1.807, 2.05) is 37.4 Å². The van der Waals surface area contributed by atoms with Gasteiger partial charge in [0.05, 0.1) is 6.61 Å². The zero-order valence-corrected chi connectivity index (χ0v) is 16.3. The van der Waals surface area contributed by atoms with Gasteiger partial charge in [0.25, 0.3) is 0 Å². The van der Waals surface area contributed by atoms with Gasteiger partial charge < -0.3 is 20.3 Å².